The molecule has 4 rings (SSSR count). The topological polar surface area (TPSA) is 75.3 Å². The van der Waals surface area contributed by atoms with Crippen molar-refractivity contribution in [3.8, 4) is 0 Å². The fraction of sp³-hybridized carbons (Fsp3) is 0.0312. The molecule has 39 heavy (non-hydrogen) atoms. The summed E-state index contributed by atoms with van der Waals surface area (Å²) < 4.78 is 0. The molecule has 0 unspecified atom stereocenters. The Morgan fingerprint density at radius 2 is 1.46 bits per heavy atom. The Morgan fingerprint density at radius 3 is 2.13 bits per heavy atom. The molecule has 0 heterocycles. The Kier molecular flexibility index (Phi) is 9.10. The summed E-state index contributed by atoms with van der Waals surface area (Å²) in [5, 5.41) is 6.19. The summed E-state index contributed by atoms with van der Waals surface area (Å²) in [4.78, 5) is 38.6. The monoisotopic (exact) mass is 554 g/mol. The third kappa shape index (κ3) is 7.77. The summed E-state index contributed by atoms with van der Waals surface area (Å²) in [5.41, 5.74) is 3.86. The van der Waals surface area contributed by atoms with Gasteiger partial charge >= 0.3 is 0 Å². The molecule has 0 aliphatic rings. The Labute approximate surface area is 236 Å². The lowest BCUT2D eigenvalue weighted by Crippen LogP contribution is -2.30. The molecule has 4 aromatic rings. The van der Waals surface area contributed by atoms with Crippen molar-refractivity contribution in [1.29, 1.82) is 0 Å². The first kappa shape index (κ1) is 27.6. The Hall–Kier alpha value is -4.45. The van der Waals surface area contributed by atoms with E-state index in [0.29, 0.717) is 32.4 Å². The van der Waals surface area contributed by atoms with Crippen LogP contribution in [0.1, 0.15) is 37.4 Å². The van der Waals surface area contributed by atoms with Gasteiger partial charge in [-0.05, 0) is 78.7 Å². The number of hydrogen-bond acceptors (Lipinski definition) is 3. The van der Waals surface area contributed by atoms with Gasteiger partial charge in [0.05, 0.1) is 0 Å². The maximum atomic E-state index is 13.2. The van der Waals surface area contributed by atoms with Gasteiger partial charge in [0, 0.05) is 26.9 Å². The van der Waals surface area contributed by atoms with E-state index in [4.69, 9.17) is 23.2 Å². The molecule has 0 aliphatic heterocycles. The number of aryl methyl sites for hydroxylation is 1. The number of allylic oxidation sites excluding steroid dienone is 1. The highest BCUT2D eigenvalue weighted by atomic mass is 35.5. The van der Waals surface area contributed by atoms with Crippen molar-refractivity contribution >= 4 is 58.6 Å². The van der Waals surface area contributed by atoms with Gasteiger partial charge in [0.2, 0.25) is 0 Å². The molecular weight excluding hydrogens is 531 g/mol. The molecule has 0 aliphatic carbocycles. The van der Waals surface area contributed by atoms with E-state index in [1.807, 2.05) is 31.2 Å². The standard InChI is InChI=1S/C32H24Cl2N2O3/c1-21-7-9-22(10-8-21)11-18-30(37)23-13-16-27(17-14-23)35-32(39)29(19-25-12-15-26(33)20-28(25)34)36-31(38)24-5-3-2-4-6-24/h2-20H,1H3,(H,35,39)(H,36,38)/b18-11+,29-19-. The largest absolute Gasteiger partial charge is 0.321 e. The first-order valence-corrected chi connectivity index (χ1v) is 12.8. The summed E-state index contributed by atoms with van der Waals surface area (Å²) >= 11 is 12.3. The van der Waals surface area contributed by atoms with E-state index < -0.39 is 11.8 Å². The zero-order valence-corrected chi connectivity index (χ0v) is 22.5. The molecule has 0 saturated heterocycles. The molecule has 4 aromatic carbocycles. The predicted octanol–water partition coefficient (Wildman–Crippen LogP) is 7.61. The van der Waals surface area contributed by atoms with Gasteiger partial charge in [-0.1, -0.05) is 83.4 Å². The number of halogens is 2. The third-order valence-electron chi connectivity index (χ3n) is 5.72. The summed E-state index contributed by atoms with van der Waals surface area (Å²) in [7, 11) is 0. The van der Waals surface area contributed by atoms with Gasteiger partial charge in [-0.3, -0.25) is 14.4 Å². The van der Waals surface area contributed by atoms with Crippen LogP contribution < -0.4 is 10.6 Å². The van der Waals surface area contributed by atoms with Crippen LogP contribution >= 0.6 is 23.2 Å². The van der Waals surface area contributed by atoms with Crippen molar-refractivity contribution in [2.45, 2.75) is 6.92 Å². The molecule has 2 amide bonds. The van der Waals surface area contributed by atoms with Gasteiger partial charge < -0.3 is 10.6 Å². The number of carbonyl (C=O) groups is 3. The van der Waals surface area contributed by atoms with Crippen molar-refractivity contribution in [3.63, 3.8) is 0 Å². The van der Waals surface area contributed by atoms with Gasteiger partial charge in [-0.25, -0.2) is 0 Å². The van der Waals surface area contributed by atoms with Crippen LogP contribution in [-0.2, 0) is 4.79 Å². The van der Waals surface area contributed by atoms with Crippen molar-refractivity contribution < 1.29 is 14.4 Å². The second-order valence-electron chi connectivity index (χ2n) is 8.68. The highest BCUT2D eigenvalue weighted by Crippen LogP contribution is 2.23. The lowest BCUT2D eigenvalue weighted by atomic mass is 10.1. The van der Waals surface area contributed by atoms with Crippen molar-refractivity contribution in [2.24, 2.45) is 0 Å². The van der Waals surface area contributed by atoms with E-state index in [2.05, 4.69) is 10.6 Å². The molecular formula is C32H24Cl2N2O3. The fourth-order valence-electron chi connectivity index (χ4n) is 3.58. The van der Waals surface area contributed by atoms with E-state index in [0.717, 1.165) is 11.1 Å². The smallest absolute Gasteiger partial charge is 0.272 e. The molecule has 2 N–H and O–H groups in total. The molecule has 0 atom stereocenters. The number of nitrogens with one attached hydrogen (secondary N) is 2. The van der Waals surface area contributed by atoms with Crippen LogP contribution in [0.4, 0.5) is 5.69 Å². The number of carbonyl (C=O) groups excluding carboxylic acids is 3. The minimum absolute atomic E-state index is 0.0192. The van der Waals surface area contributed by atoms with Gasteiger partial charge in [-0.15, -0.1) is 0 Å². The summed E-state index contributed by atoms with van der Waals surface area (Å²) in [6.45, 7) is 2.00. The number of amides is 2. The van der Waals surface area contributed by atoms with Gasteiger partial charge in [0.1, 0.15) is 5.70 Å². The molecule has 7 heteroatoms. The zero-order valence-electron chi connectivity index (χ0n) is 21.0. The average Bonchev–Trinajstić information content (AvgIpc) is 2.94. The lowest BCUT2D eigenvalue weighted by molar-refractivity contribution is -0.113. The number of hydrogen-bond donors (Lipinski definition) is 2. The first-order chi connectivity index (χ1) is 18.8. The van der Waals surface area contributed by atoms with E-state index in [-0.39, 0.29) is 11.5 Å². The minimum atomic E-state index is -0.566. The SMILES string of the molecule is Cc1ccc(/C=C/C(=O)c2ccc(NC(=O)/C(=C/c3ccc(Cl)cc3Cl)NC(=O)c3ccccc3)cc2)cc1. The molecule has 5 nitrogen and oxygen atoms in total. The fourth-order valence-corrected chi connectivity index (χ4v) is 4.04. The Morgan fingerprint density at radius 1 is 0.769 bits per heavy atom. The second-order valence-corrected chi connectivity index (χ2v) is 9.53. The van der Waals surface area contributed by atoms with Crippen LogP contribution in [0.25, 0.3) is 12.2 Å². The van der Waals surface area contributed by atoms with Gasteiger partial charge in [-0.2, -0.15) is 0 Å². The molecule has 194 valence electrons. The lowest BCUT2D eigenvalue weighted by Gasteiger charge is -2.12. The quantitative estimate of drug-likeness (QED) is 0.174. The normalized spacial score (nSPS) is 11.3. The summed E-state index contributed by atoms with van der Waals surface area (Å²) in [6.07, 6.45) is 4.74. The van der Waals surface area contributed by atoms with Crippen LogP contribution in [0.5, 0.6) is 0 Å². The van der Waals surface area contributed by atoms with E-state index >= 15 is 0 Å². The average molecular weight is 555 g/mol. The highest BCUT2D eigenvalue weighted by molar-refractivity contribution is 6.35. The minimum Gasteiger partial charge on any atom is -0.321 e. The van der Waals surface area contributed by atoms with E-state index in [1.54, 1.807) is 78.9 Å². The van der Waals surface area contributed by atoms with Crippen molar-refractivity contribution in [1.82, 2.24) is 5.32 Å². The van der Waals surface area contributed by atoms with Gasteiger partial charge in [0.15, 0.2) is 5.78 Å². The maximum Gasteiger partial charge on any atom is 0.272 e. The van der Waals surface area contributed by atoms with Crippen molar-refractivity contribution in [3.05, 3.63) is 147 Å². The second kappa shape index (κ2) is 12.9. The predicted molar refractivity (Wildman–Crippen MR) is 158 cm³/mol. The Bertz CT molecular complexity index is 1560. The van der Waals surface area contributed by atoms with Gasteiger partial charge in [0.25, 0.3) is 11.8 Å². The molecule has 0 saturated carbocycles. The third-order valence-corrected chi connectivity index (χ3v) is 6.29. The summed E-state index contributed by atoms with van der Waals surface area (Å²) in [5.74, 6) is -1.19. The van der Waals surface area contributed by atoms with Crippen LogP contribution in [0.2, 0.25) is 10.0 Å². The van der Waals surface area contributed by atoms with E-state index in [1.165, 1.54) is 12.2 Å². The molecule has 0 fully saturated rings. The number of anilines is 1. The number of ketones is 1. The molecule has 0 spiro atoms. The summed E-state index contributed by atoms with van der Waals surface area (Å²) in [6, 6.07) is 27.7. The molecule has 0 bridgehead atoms. The van der Waals surface area contributed by atoms with Crippen LogP contribution in [0, 0.1) is 6.92 Å². The molecule has 0 radical (unpaired) electrons. The number of rotatable bonds is 8. The molecule has 0 aromatic heterocycles. The van der Waals surface area contributed by atoms with Crippen LogP contribution in [0.3, 0.4) is 0 Å². The maximum absolute atomic E-state index is 13.2. The highest BCUT2D eigenvalue weighted by Gasteiger charge is 2.16. The Balaban J connectivity index is 1.51. The first-order valence-electron chi connectivity index (χ1n) is 12.0. The van der Waals surface area contributed by atoms with Crippen LogP contribution in [-0.4, -0.2) is 17.6 Å². The van der Waals surface area contributed by atoms with E-state index in [9.17, 15) is 14.4 Å². The van der Waals surface area contributed by atoms with Crippen LogP contribution in [0.15, 0.2) is 109 Å². The number of benzene rings is 4. The zero-order chi connectivity index (χ0) is 27.8. The van der Waals surface area contributed by atoms with Crippen molar-refractivity contribution in [2.75, 3.05) is 5.32 Å².